The van der Waals surface area contributed by atoms with Gasteiger partial charge in [0.1, 0.15) is 0 Å². The number of hydrogen-bond acceptors (Lipinski definition) is 1. The third kappa shape index (κ3) is 3.79. The molecule has 1 unspecified atom stereocenters. The summed E-state index contributed by atoms with van der Waals surface area (Å²) in [5.41, 5.74) is 2.54. The molecule has 0 spiro atoms. The highest BCUT2D eigenvalue weighted by atomic mass is 35.5. The lowest BCUT2D eigenvalue weighted by Crippen LogP contribution is -2.26. The zero-order valence-electron chi connectivity index (χ0n) is 12.0. The zero-order valence-corrected chi connectivity index (χ0v) is 13.5. The van der Waals surface area contributed by atoms with Gasteiger partial charge in [0.05, 0.1) is 0 Å². The summed E-state index contributed by atoms with van der Waals surface area (Å²) in [7, 11) is 0. The van der Waals surface area contributed by atoms with Gasteiger partial charge in [-0.15, -0.1) is 0 Å². The maximum Gasteiger partial charge on any atom is 0.0409 e. The molecule has 2 atom stereocenters. The zero-order chi connectivity index (χ0) is 14.8. The second-order valence-corrected chi connectivity index (χ2v) is 6.68. The van der Waals surface area contributed by atoms with Crippen LogP contribution >= 0.6 is 23.2 Å². The van der Waals surface area contributed by atoms with Crippen molar-refractivity contribution in [3.05, 3.63) is 69.7 Å². The van der Waals surface area contributed by atoms with Gasteiger partial charge in [0.25, 0.3) is 0 Å². The van der Waals surface area contributed by atoms with Crippen molar-refractivity contribution in [2.45, 2.75) is 31.8 Å². The Balaban J connectivity index is 1.77. The van der Waals surface area contributed by atoms with Gasteiger partial charge in [0.2, 0.25) is 0 Å². The average Bonchev–Trinajstić information content (AvgIpc) is 3.30. The quantitative estimate of drug-likeness (QED) is 0.734. The molecule has 3 rings (SSSR count). The summed E-state index contributed by atoms with van der Waals surface area (Å²) in [4.78, 5) is 0. The van der Waals surface area contributed by atoms with Crippen LogP contribution in [0.5, 0.6) is 0 Å². The van der Waals surface area contributed by atoms with Gasteiger partial charge in [0, 0.05) is 22.1 Å². The van der Waals surface area contributed by atoms with Gasteiger partial charge in [-0.1, -0.05) is 47.5 Å². The van der Waals surface area contributed by atoms with E-state index in [1.165, 1.54) is 24.0 Å². The van der Waals surface area contributed by atoms with Crippen LogP contribution in [0.15, 0.2) is 48.5 Å². The second kappa shape index (κ2) is 6.39. The molecular formula is C18H19Cl2N. The van der Waals surface area contributed by atoms with Crippen LogP contribution in [0.1, 0.15) is 43.0 Å². The summed E-state index contributed by atoms with van der Waals surface area (Å²) in [6, 6.07) is 16.9. The molecule has 0 aromatic heterocycles. The maximum atomic E-state index is 6.09. The molecule has 0 radical (unpaired) electrons. The maximum absolute atomic E-state index is 6.09. The molecule has 1 nitrogen and oxygen atoms in total. The van der Waals surface area contributed by atoms with E-state index in [9.17, 15) is 0 Å². The minimum absolute atomic E-state index is 0.268. The van der Waals surface area contributed by atoms with Crippen molar-refractivity contribution >= 4 is 23.2 Å². The summed E-state index contributed by atoms with van der Waals surface area (Å²) in [6.45, 7) is 2.19. The van der Waals surface area contributed by atoms with Crippen molar-refractivity contribution < 1.29 is 0 Å². The van der Waals surface area contributed by atoms with Crippen molar-refractivity contribution in [1.29, 1.82) is 0 Å². The molecule has 1 aliphatic carbocycles. The Morgan fingerprint density at radius 1 is 0.952 bits per heavy atom. The van der Waals surface area contributed by atoms with E-state index in [4.69, 9.17) is 23.2 Å². The largest absolute Gasteiger partial charge is 0.303 e. The van der Waals surface area contributed by atoms with Gasteiger partial charge in [0.15, 0.2) is 0 Å². The molecule has 1 N–H and O–H groups in total. The van der Waals surface area contributed by atoms with Crippen LogP contribution in [0.4, 0.5) is 0 Å². The third-order valence-electron chi connectivity index (χ3n) is 4.10. The third-order valence-corrected chi connectivity index (χ3v) is 4.59. The minimum atomic E-state index is 0.268. The second-order valence-electron chi connectivity index (χ2n) is 5.81. The van der Waals surface area contributed by atoms with Crippen molar-refractivity contribution in [2.24, 2.45) is 5.92 Å². The normalized spacial score (nSPS) is 17.5. The van der Waals surface area contributed by atoms with Crippen LogP contribution < -0.4 is 5.32 Å². The minimum Gasteiger partial charge on any atom is -0.303 e. The first kappa shape index (κ1) is 14.9. The predicted molar refractivity (Wildman–Crippen MR) is 89.9 cm³/mol. The average molecular weight is 320 g/mol. The van der Waals surface area contributed by atoms with E-state index in [2.05, 4.69) is 30.4 Å². The molecule has 1 fully saturated rings. The summed E-state index contributed by atoms with van der Waals surface area (Å²) in [5, 5.41) is 5.33. The molecule has 110 valence electrons. The Kier molecular flexibility index (Phi) is 4.54. The first-order valence-electron chi connectivity index (χ1n) is 7.40. The van der Waals surface area contributed by atoms with E-state index in [-0.39, 0.29) is 6.04 Å². The van der Waals surface area contributed by atoms with Crippen LogP contribution in [0.2, 0.25) is 10.0 Å². The lowest BCUT2D eigenvalue weighted by Gasteiger charge is -2.24. The standard InChI is InChI=1S/C18H19Cl2N/c1-12(15-3-2-4-17(20)11-15)21-18(13-5-6-13)14-7-9-16(19)10-8-14/h2-4,7-13,18,21H,5-6H2,1H3/t12-,18?/m0/s1. The van der Waals surface area contributed by atoms with Gasteiger partial charge in [-0.05, 0) is 61.1 Å². The van der Waals surface area contributed by atoms with E-state index in [1.807, 2.05) is 30.3 Å². The molecule has 21 heavy (non-hydrogen) atoms. The molecule has 0 aliphatic heterocycles. The van der Waals surface area contributed by atoms with Gasteiger partial charge in [-0.2, -0.15) is 0 Å². The number of hydrogen-bond donors (Lipinski definition) is 1. The molecule has 1 saturated carbocycles. The number of rotatable bonds is 5. The van der Waals surface area contributed by atoms with E-state index in [0.717, 1.165) is 16.0 Å². The Labute approximate surface area is 136 Å². The first-order valence-corrected chi connectivity index (χ1v) is 8.16. The number of halogens is 2. The van der Waals surface area contributed by atoms with Gasteiger partial charge in [-0.3, -0.25) is 0 Å². The van der Waals surface area contributed by atoms with E-state index in [1.54, 1.807) is 0 Å². The molecule has 0 bridgehead atoms. The lowest BCUT2D eigenvalue weighted by molar-refractivity contribution is 0.427. The summed E-state index contributed by atoms with van der Waals surface area (Å²) in [6.07, 6.45) is 2.59. The van der Waals surface area contributed by atoms with Crippen molar-refractivity contribution in [3.63, 3.8) is 0 Å². The fourth-order valence-electron chi connectivity index (χ4n) is 2.75. The molecule has 0 saturated heterocycles. The van der Waals surface area contributed by atoms with E-state index in [0.29, 0.717) is 6.04 Å². The van der Waals surface area contributed by atoms with Crippen molar-refractivity contribution in [1.82, 2.24) is 5.32 Å². The summed E-state index contributed by atoms with van der Waals surface area (Å²) >= 11 is 12.1. The van der Waals surface area contributed by atoms with Crippen LogP contribution in [-0.4, -0.2) is 0 Å². The van der Waals surface area contributed by atoms with Gasteiger partial charge >= 0.3 is 0 Å². The summed E-state index contributed by atoms with van der Waals surface area (Å²) in [5.74, 6) is 0.729. The predicted octanol–water partition coefficient (Wildman–Crippen LogP) is 5.80. The highest BCUT2D eigenvalue weighted by molar-refractivity contribution is 6.30. The van der Waals surface area contributed by atoms with E-state index >= 15 is 0 Å². The molecule has 0 amide bonds. The number of nitrogens with one attached hydrogen (secondary N) is 1. The fourth-order valence-corrected chi connectivity index (χ4v) is 3.07. The Morgan fingerprint density at radius 2 is 1.67 bits per heavy atom. The Bertz CT molecular complexity index is 605. The first-order chi connectivity index (χ1) is 10.1. The molecule has 1 aliphatic rings. The molecule has 3 heteroatoms. The topological polar surface area (TPSA) is 12.0 Å². The van der Waals surface area contributed by atoms with Gasteiger partial charge in [-0.25, -0.2) is 0 Å². The SMILES string of the molecule is C[C@H](NC(c1ccc(Cl)cc1)C1CC1)c1cccc(Cl)c1. The smallest absolute Gasteiger partial charge is 0.0409 e. The lowest BCUT2D eigenvalue weighted by atomic mass is 9.99. The van der Waals surface area contributed by atoms with Crippen LogP contribution in [-0.2, 0) is 0 Å². The Hall–Kier alpha value is -1.02. The van der Waals surface area contributed by atoms with Crippen LogP contribution in [0, 0.1) is 5.92 Å². The molecular weight excluding hydrogens is 301 g/mol. The van der Waals surface area contributed by atoms with Crippen LogP contribution in [0.25, 0.3) is 0 Å². The highest BCUT2D eigenvalue weighted by Gasteiger charge is 2.33. The molecule has 2 aromatic carbocycles. The monoisotopic (exact) mass is 319 g/mol. The highest BCUT2D eigenvalue weighted by Crippen LogP contribution is 2.42. The number of benzene rings is 2. The van der Waals surface area contributed by atoms with Crippen LogP contribution in [0.3, 0.4) is 0 Å². The van der Waals surface area contributed by atoms with Crippen molar-refractivity contribution in [2.75, 3.05) is 0 Å². The summed E-state index contributed by atoms with van der Waals surface area (Å²) < 4.78 is 0. The molecule has 2 aromatic rings. The van der Waals surface area contributed by atoms with E-state index < -0.39 is 0 Å². The Morgan fingerprint density at radius 3 is 2.29 bits per heavy atom. The fraction of sp³-hybridized carbons (Fsp3) is 0.333. The van der Waals surface area contributed by atoms with Crippen molar-refractivity contribution in [3.8, 4) is 0 Å². The molecule has 0 heterocycles. The van der Waals surface area contributed by atoms with Gasteiger partial charge < -0.3 is 5.32 Å².